The Bertz CT molecular complexity index is 597. The van der Waals surface area contributed by atoms with Gasteiger partial charge in [-0.3, -0.25) is 0 Å². The lowest BCUT2D eigenvalue weighted by Crippen LogP contribution is -2.49. The van der Waals surface area contributed by atoms with Gasteiger partial charge >= 0.3 is 11.0 Å². The molecule has 1 heterocycles. The molecule has 0 unspecified atom stereocenters. The summed E-state index contributed by atoms with van der Waals surface area (Å²) < 4.78 is 116. The molecule has 158 valence electrons. The van der Waals surface area contributed by atoms with E-state index in [4.69, 9.17) is 4.74 Å². The van der Waals surface area contributed by atoms with E-state index in [0.29, 0.717) is 0 Å². The van der Waals surface area contributed by atoms with Crippen LogP contribution in [-0.2, 0) is 24.8 Å². The van der Waals surface area contributed by atoms with E-state index < -0.39 is 31.1 Å². The lowest BCUT2D eigenvalue weighted by atomic mass is 10.1. The average Bonchev–Trinajstić information content (AvgIpc) is 2.43. The van der Waals surface area contributed by atoms with E-state index in [0.717, 1.165) is 10.7 Å². The molecule has 0 atom stereocenters. The van der Waals surface area contributed by atoms with Crippen molar-refractivity contribution in [1.82, 2.24) is 0 Å². The molecule has 0 aromatic carbocycles. The van der Waals surface area contributed by atoms with Crippen LogP contribution in [0.25, 0.3) is 4.13 Å². The molecule has 0 saturated carbocycles. The van der Waals surface area contributed by atoms with E-state index in [9.17, 15) is 43.2 Å². The predicted octanol–water partition coefficient (Wildman–Crippen LogP) is 2.32. The van der Waals surface area contributed by atoms with Crippen LogP contribution >= 0.6 is 0 Å². The number of ether oxygens (including phenoxy) is 1. The Balaban J connectivity index is 0.000000502. The summed E-state index contributed by atoms with van der Waals surface area (Å²) in [6.45, 7) is 4.81. The van der Waals surface area contributed by atoms with Gasteiger partial charge in [0.25, 0.3) is 0 Å². The number of hydrogen-bond donors (Lipinski definition) is 0. The van der Waals surface area contributed by atoms with Crippen LogP contribution in [0.4, 0.5) is 26.3 Å². The highest BCUT2D eigenvalue weighted by molar-refractivity contribution is 8.13. The van der Waals surface area contributed by atoms with Gasteiger partial charge in [-0.1, -0.05) is 0 Å². The van der Waals surface area contributed by atoms with Crippen molar-refractivity contribution in [1.29, 1.82) is 0 Å². The third-order valence-electron chi connectivity index (χ3n) is 3.51. The SMILES string of the molecule is COCC[N+]1(C)CCCCC1.O=S(=O)([N-]S(=O)(=O)C(F)(F)F)C(F)(F)F. The smallest absolute Gasteiger partial charge is 0.421 e. The maximum Gasteiger partial charge on any atom is 0.480 e. The predicted molar refractivity (Wildman–Crippen MR) is 79.8 cm³/mol. The van der Waals surface area contributed by atoms with Crippen molar-refractivity contribution in [2.75, 3.05) is 40.4 Å². The molecule has 1 aliphatic rings. The Morgan fingerprint density at radius 1 is 0.885 bits per heavy atom. The highest BCUT2D eigenvalue weighted by Crippen LogP contribution is 2.36. The largest absolute Gasteiger partial charge is 0.480 e. The molecule has 26 heavy (non-hydrogen) atoms. The molecular weight excluding hydrogens is 418 g/mol. The molecule has 0 bridgehead atoms. The molecule has 15 heteroatoms. The Kier molecular flexibility index (Phi) is 8.81. The van der Waals surface area contributed by atoms with Crippen molar-refractivity contribution >= 4 is 20.0 Å². The average molecular weight is 438 g/mol. The fourth-order valence-corrected chi connectivity index (χ4v) is 3.73. The van der Waals surface area contributed by atoms with Gasteiger partial charge in [0, 0.05) is 7.11 Å². The van der Waals surface area contributed by atoms with E-state index in [1.807, 2.05) is 0 Å². The number of methoxy groups -OCH3 is 1. The molecule has 1 rings (SSSR count). The van der Waals surface area contributed by atoms with E-state index in [-0.39, 0.29) is 0 Å². The van der Waals surface area contributed by atoms with E-state index >= 15 is 0 Å². The van der Waals surface area contributed by atoms with Crippen molar-refractivity contribution in [2.45, 2.75) is 30.3 Å². The van der Waals surface area contributed by atoms with Gasteiger partial charge < -0.3 is 13.3 Å². The number of rotatable bonds is 5. The Labute approximate surface area is 148 Å². The highest BCUT2D eigenvalue weighted by Gasteiger charge is 2.46. The number of likely N-dealkylation sites (N-methyl/N-ethyl adjacent to an activating group) is 1. The minimum Gasteiger partial charge on any atom is -0.421 e. The number of quaternary nitrogens is 1. The normalized spacial score (nSPS) is 18.8. The third-order valence-corrected chi connectivity index (χ3v) is 6.25. The van der Waals surface area contributed by atoms with Gasteiger partial charge in [-0.2, -0.15) is 26.3 Å². The van der Waals surface area contributed by atoms with Crippen molar-refractivity contribution < 1.29 is 52.4 Å². The van der Waals surface area contributed by atoms with Gasteiger partial charge in [0.1, 0.15) is 6.54 Å². The quantitative estimate of drug-likeness (QED) is 0.485. The zero-order valence-corrected chi connectivity index (χ0v) is 15.6. The molecule has 1 saturated heterocycles. The van der Waals surface area contributed by atoms with Crippen molar-refractivity contribution in [3.05, 3.63) is 4.13 Å². The summed E-state index contributed by atoms with van der Waals surface area (Å²) in [7, 11) is -9.31. The maximum absolute atomic E-state index is 11.4. The highest BCUT2D eigenvalue weighted by atomic mass is 32.3. The number of sulfonamides is 2. The molecule has 0 radical (unpaired) electrons. The number of alkyl halides is 6. The summed E-state index contributed by atoms with van der Waals surface area (Å²) in [6, 6.07) is 0. The van der Waals surface area contributed by atoms with Crippen LogP contribution in [0, 0.1) is 0 Å². The Morgan fingerprint density at radius 3 is 1.58 bits per heavy atom. The molecule has 1 aliphatic heterocycles. The van der Waals surface area contributed by atoms with E-state index in [1.54, 1.807) is 7.11 Å². The molecule has 0 aromatic heterocycles. The first-order valence-corrected chi connectivity index (χ1v) is 10.0. The summed E-state index contributed by atoms with van der Waals surface area (Å²) in [5.41, 5.74) is -12.4. The Morgan fingerprint density at radius 2 is 1.27 bits per heavy atom. The fraction of sp³-hybridized carbons (Fsp3) is 1.00. The number of halogens is 6. The number of piperidine rings is 1. The minimum absolute atomic E-state index is 0.778. The van der Waals surface area contributed by atoms with Crippen molar-refractivity contribution in [3.63, 3.8) is 0 Å². The fourth-order valence-electron chi connectivity index (χ4n) is 2.02. The van der Waals surface area contributed by atoms with Crippen LogP contribution in [0.5, 0.6) is 0 Å². The molecule has 0 N–H and O–H groups in total. The van der Waals surface area contributed by atoms with E-state index in [2.05, 4.69) is 7.05 Å². The zero-order chi connectivity index (χ0) is 20.9. The number of likely N-dealkylation sites (tertiary alicyclic amines) is 1. The van der Waals surface area contributed by atoms with Crippen LogP contribution in [0.2, 0.25) is 0 Å². The first kappa shape index (κ1) is 25.4. The first-order valence-electron chi connectivity index (χ1n) is 7.17. The van der Waals surface area contributed by atoms with Crippen LogP contribution in [0.1, 0.15) is 19.3 Å². The Hall–Kier alpha value is -0.640. The van der Waals surface area contributed by atoms with Crippen LogP contribution in [0.15, 0.2) is 0 Å². The molecule has 0 amide bonds. The summed E-state index contributed by atoms with van der Waals surface area (Å²) in [6.07, 6.45) is 4.24. The van der Waals surface area contributed by atoms with Crippen molar-refractivity contribution in [3.8, 4) is 0 Å². The lowest BCUT2D eigenvalue weighted by Gasteiger charge is -2.37. The molecular formula is C11H20F6N2O5S2. The van der Waals surface area contributed by atoms with E-state index in [1.165, 1.54) is 43.4 Å². The second-order valence-corrected chi connectivity index (χ2v) is 9.18. The van der Waals surface area contributed by atoms with Gasteiger partial charge in [0.2, 0.25) is 0 Å². The molecule has 0 spiro atoms. The van der Waals surface area contributed by atoms with Crippen LogP contribution in [0.3, 0.4) is 0 Å². The number of nitrogens with zero attached hydrogens (tertiary/aromatic N) is 2. The minimum atomic E-state index is -6.72. The maximum atomic E-state index is 11.4. The molecule has 1 fully saturated rings. The van der Waals surface area contributed by atoms with Gasteiger partial charge in [-0.25, -0.2) is 16.8 Å². The van der Waals surface area contributed by atoms with Gasteiger partial charge in [-0.05, 0) is 19.3 Å². The summed E-state index contributed by atoms with van der Waals surface area (Å²) in [5, 5.41) is 0. The lowest BCUT2D eigenvalue weighted by molar-refractivity contribution is -0.914. The molecule has 0 aliphatic carbocycles. The summed E-state index contributed by atoms with van der Waals surface area (Å²) in [4.78, 5) is 0. The zero-order valence-electron chi connectivity index (χ0n) is 14.0. The monoisotopic (exact) mass is 438 g/mol. The first-order chi connectivity index (χ1) is 11.5. The third kappa shape index (κ3) is 7.94. The van der Waals surface area contributed by atoms with Gasteiger partial charge in [0.15, 0.2) is 20.0 Å². The second kappa shape index (κ2) is 9.03. The van der Waals surface area contributed by atoms with Crippen LogP contribution < -0.4 is 0 Å². The summed E-state index contributed by atoms with van der Waals surface area (Å²) in [5.74, 6) is 0. The van der Waals surface area contributed by atoms with Gasteiger partial charge in [0.05, 0.1) is 26.7 Å². The van der Waals surface area contributed by atoms with Gasteiger partial charge in [-0.15, -0.1) is 0 Å². The second-order valence-electron chi connectivity index (χ2n) is 5.76. The topological polar surface area (TPSA) is 91.6 Å². The van der Waals surface area contributed by atoms with Crippen LogP contribution in [-0.4, -0.2) is 72.7 Å². The van der Waals surface area contributed by atoms with Crippen molar-refractivity contribution in [2.24, 2.45) is 0 Å². The molecule has 7 nitrogen and oxygen atoms in total. The standard InChI is InChI=1S/C9H20NO.C2F6NO4S2/c1-10(8-9-11-2)6-4-3-5-7-10;3-1(4,5)14(10,11)9-15(12,13)2(6,7)8/h3-9H2,1-2H3;/q+1;-1. The molecule has 0 aromatic rings. The number of hydrogen-bond acceptors (Lipinski definition) is 5. The summed E-state index contributed by atoms with van der Waals surface area (Å²) >= 11 is 0.